The van der Waals surface area contributed by atoms with Crippen LogP contribution in [0.25, 0.3) is 11.1 Å². The summed E-state index contributed by atoms with van der Waals surface area (Å²) in [7, 11) is -3.73. The molecule has 1 aromatic heterocycles. The van der Waals surface area contributed by atoms with E-state index < -0.39 is 10.0 Å². The van der Waals surface area contributed by atoms with Crippen molar-refractivity contribution in [2.75, 3.05) is 0 Å². The molecule has 0 radical (unpaired) electrons. The van der Waals surface area contributed by atoms with Crippen LogP contribution in [0.5, 0.6) is 0 Å². The summed E-state index contributed by atoms with van der Waals surface area (Å²) in [5.41, 5.74) is 0.950. The van der Waals surface area contributed by atoms with Crippen molar-refractivity contribution in [3.05, 3.63) is 21.4 Å². The minimum Gasteiger partial charge on any atom is -0.428 e. The summed E-state index contributed by atoms with van der Waals surface area (Å²) in [6, 6.07) is 2.73. The zero-order valence-corrected chi connectivity index (χ0v) is 10.4. The Kier molecular flexibility index (Phi) is 2.45. The van der Waals surface area contributed by atoms with Crippen LogP contribution < -0.4 is 5.14 Å². The number of hydrogen-bond acceptors (Lipinski definition) is 4. The maximum absolute atomic E-state index is 11.1. The molecule has 0 atom stereocenters. The van der Waals surface area contributed by atoms with Crippen LogP contribution in [0, 0.1) is 4.84 Å². The lowest BCUT2D eigenvalue weighted by molar-refractivity contribution is 0.581. The fourth-order valence-corrected chi connectivity index (χ4v) is 2.61. The van der Waals surface area contributed by atoms with Crippen LogP contribution in [0.15, 0.2) is 25.9 Å². The monoisotopic (exact) mass is 308 g/mol. The highest BCUT2D eigenvalue weighted by Crippen LogP contribution is 2.27. The molecule has 0 saturated heterocycles. The summed E-state index contributed by atoms with van der Waals surface area (Å²) in [6.07, 6.45) is 0. The first kappa shape index (κ1) is 10.8. The second-order valence-electron chi connectivity index (χ2n) is 2.84. The Hall–Kier alpha value is -0.700. The fourth-order valence-electron chi connectivity index (χ4n) is 1.16. The third kappa shape index (κ3) is 1.98. The molecule has 2 aromatic rings. The lowest BCUT2D eigenvalue weighted by Gasteiger charge is -1.98. The number of nitrogens with two attached hydrogens (primary N) is 1. The Morgan fingerprint density at radius 3 is 2.73 bits per heavy atom. The molecule has 0 unspecified atom stereocenters. The van der Waals surface area contributed by atoms with Crippen molar-refractivity contribution in [3.63, 3.8) is 0 Å². The van der Waals surface area contributed by atoms with Crippen LogP contribution in [-0.2, 0) is 10.0 Å². The van der Waals surface area contributed by atoms with Gasteiger partial charge in [-0.25, -0.2) is 13.6 Å². The summed E-state index contributed by atoms with van der Waals surface area (Å²) < 4.78 is 27.9. The van der Waals surface area contributed by atoms with E-state index in [1.54, 1.807) is 0 Å². The van der Waals surface area contributed by atoms with Gasteiger partial charge in [-0.15, -0.1) is 0 Å². The van der Waals surface area contributed by atoms with Gasteiger partial charge in [-0.3, -0.25) is 0 Å². The smallest absolute Gasteiger partial charge is 0.266 e. The minimum atomic E-state index is -3.73. The molecule has 15 heavy (non-hydrogen) atoms. The van der Waals surface area contributed by atoms with E-state index in [1.165, 1.54) is 12.1 Å². The average molecular weight is 309 g/mol. The van der Waals surface area contributed by atoms with E-state index in [2.05, 4.69) is 20.9 Å². The number of aromatic amines is 1. The van der Waals surface area contributed by atoms with Crippen molar-refractivity contribution in [1.29, 1.82) is 0 Å². The largest absolute Gasteiger partial charge is 0.428 e. The third-order valence-electron chi connectivity index (χ3n) is 1.78. The molecule has 0 aliphatic carbocycles. The molecule has 1 aromatic carbocycles. The Bertz CT molecular complexity index is 686. The van der Waals surface area contributed by atoms with Crippen LogP contribution in [0.3, 0.4) is 0 Å². The number of benzene rings is 1. The van der Waals surface area contributed by atoms with Crippen LogP contribution >= 0.6 is 28.1 Å². The fraction of sp³-hybridized carbons (Fsp3) is 0. The van der Waals surface area contributed by atoms with Crippen molar-refractivity contribution in [1.82, 2.24) is 4.98 Å². The van der Waals surface area contributed by atoms with E-state index in [1.807, 2.05) is 0 Å². The van der Waals surface area contributed by atoms with Gasteiger partial charge in [0.1, 0.15) is 0 Å². The van der Waals surface area contributed by atoms with Crippen molar-refractivity contribution in [2.45, 2.75) is 4.90 Å². The Balaban J connectivity index is 2.89. The second kappa shape index (κ2) is 3.41. The summed E-state index contributed by atoms with van der Waals surface area (Å²) >= 11 is 7.96. The number of sulfonamides is 1. The molecule has 0 saturated carbocycles. The second-order valence-corrected chi connectivity index (χ2v) is 5.63. The number of aromatic nitrogens is 1. The molecule has 0 aliphatic heterocycles. The van der Waals surface area contributed by atoms with Crippen molar-refractivity contribution < 1.29 is 12.8 Å². The molecule has 5 nitrogen and oxygen atoms in total. The predicted molar refractivity (Wildman–Crippen MR) is 60.5 cm³/mol. The Labute approximate surface area is 98.5 Å². The number of fused-ring (bicyclic) bond motifs is 1. The van der Waals surface area contributed by atoms with Crippen LogP contribution in [0.1, 0.15) is 0 Å². The summed E-state index contributed by atoms with van der Waals surface area (Å²) in [4.78, 5) is 2.88. The van der Waals surface area contributed by atoms with Gasteiger partial charge >= 0.3 is 0 Å². The van der Waals surface area contributed by atoms with E-state index in [0.29, 0.717) is 15.6 Å². The molecular weight excluding hydrogens is 304 g/mol. The number of nitrogens with one attached hydrogen (secondary N) is 1. The molecule has 0 bridgehead atoms. The van der Waals surface area contributed by atoms with Gasteiger partial charge in [0.05, 0.1) is 14.9 Å². The topological polar surface area (TPSA) is 89.1 Å². The number of primary sulfonamides is 1. The van der Waals surface area contributed by atoms with Gasteiger partial charge in [0, 0.05) is 0 Å². The molecule has 0 spiro atoms. The number of oxazole rings is 1. The summed E-state index contributed by atoms with van der Waals surface area (Å²) in [6.45, 7) is 0. The normalized spacial score (nSPS) is 12.1. The molecule has 3 N–H and O–H groups in total. The maximum Gasteiger partial charge on any atom is 0.266 e. The molecule has 0 fully saturated rings. The molecule has 1 heterocycles. The number of halogens is 1. The average Bonchev–Trinajstić information content (AvgIpc) is 2.44. The zero-order valence-electron chi connectivity index (χ0n) is 7.15. The van der Waals surface area contributed by atoms with E-state index in [9.17, 15) is 8.42 Å². The third-order valence-corrected chi connectivity index (χ3v) is 3.44. The maximum atomic E-state index is 11.1. The van der Waals surface area contributed by atoms with Gasteiger partial charge in [0.15, 0.2) is 5.58 Å². The standard InChI is InChI=1S/C7H5BrN2O3S2/c8-4-1-3(15(9,11)12)2-5-6(4)13-7(14)10-5/h1-2H,(H,10,14)(H2,9,11,12). The highest BCUT2D eigenvalue weighted by Gasteiger charge is 2.13. The van der Waals surface area contributed by atoms with Gasteiger partial charge in [-0.1, -0.05) is 0 Å². The van der Waals surface area contributed by atoms with Gasteiger partial charge in [0.2, 0.25) is 10.0 Å². The van der Waals surface area contributed by atoms with Crippen LogP contribution in [0.4, 0.5) is 0 Å². The van der Waals surface area contributed by atoms with E-state index in [4.69, 9.17) is 21.8 Å². The van der Waals surface area contributed by atoms with Gasteiger partial charge in [-0.05, 0) is 40.3 Å². The zero-order chi connectivity index (χ0) is 11.2. The first-order valence-corrected chi connectivity index (χ1v) is 6.48. The summed E-state index contributed by atoms with van der Waals surface area (Å²) in [5, 5.41) is 5.00. The van der Waals surface area contributed by atoms with E-state index >= 15 is 0 Å². The van der Waals surface area contributed by atoms with Crippen molar-refractivity contribution >= 4 is 49.3 Å². The highest BCUT2D eigenvalue weighted by molar-refractivity contribution is 9.10. The van der Waals surface area contributed by atoms with Crippen molar-refractivity contribution in [3.8, 4) is 0 Å². The Morgan fingerprint density at radius 1 is 1.47 bits per heavy atom. The molecule has 0 amide bonds. The Morgan fingerprint density at radius 2 is 2.13 bits per heavy atom. The molecular formula is C7H5BrN2O3S2. The van der Waals surface area contributed by atoms with E-state index in [0.717, 1.165) is 0 Å². The van der Waals surface area contributed by atoms with Crippen molar-refractivity contribution in [2.24, 2.45) is 5.14 Å². The summed E-state index contributed by atoms with van der Waals surface area (Å²) in [5.74, 6) is 0. The molecule has 8 heteroatoms. The first-order chi connectivity index (χ1) is 6.88. The lowest BCUT2D eigenvalue weighted by atomic mass is 10.3. The van der Waals surface area contributed by atoms with E-state index in [-0.39, 0.29) is 9.73 Å². The predicted octanol–water partition coefficient (Wildman–Crippen LogP) is 1.90. The quantitative estimate of drug-likeness (QED) is 0.787. The molecule has 80 valence electrons. The SMILES string of the molecule is NS(=O)(=O)c1cc(Br)c2oc(=S)[nH]c2c1. The van der Waals surface area contributed by atoms with Gasteiger partial charge < -0.3 is 9.40 Å². The number of hydrogen-bond donors (Lipinski definition) is 2. The highest BCUT2D eigenvalue weighted by atomic mass is 79.9. The first-order valence-electron chi connectivity index (χ1n) is 3.73. The van der Waals surface area contributed by atoms with Gasteiger partial charge in [-0.2, -0.15) is 0 Å². The number of H-pyrrole nitrogens is 1. The molecule has 2 rings (SSSR count). The lowest BCUT2D eigenvalue weighted by Crippen LogP contribution is -2.11. The van der Waals surface area contributed by atoms with Gasteiger partial charge in [0.25, 0.3) is 4.84 Å². The number of rotatable bonds is 1. The minimum absolute atomic E-state index is 0.00562. The molecule has 0 aliphatic rings. The van der Waals surface area contributed by atoms with Crippen LogP contribution in [-0.4, -0.2) is 13.4 Å². The van der Waals surface area contributed by atoms with Crippen LogP contribution in [0.2, 0.25) is 0 Å².